The lowest BCUT2D eigenvalue weighted by Crippen LogP contribution is -2.60. The van der Waals surface area contributed by atoms with E-state index in [1.54, 1.807) is 6.20 Å². The molecule has 6 heteroatoms. The number of nitrogens with zero attached hydrogens (tertiary/aromatic N) is 3. The molecule has 2 saturated heterocycles. The van der Waals surface area contributed by atoms with Crippen molar-refractivity contribution in [3.05, 3.63) is 18.2 Å². The molecule has 0 saturated carbocycles. The highest BCUT2D eigenvalue weighted by Crippen LogP contribution is 2.30. The van der Waals surface area contributed by atoms with E-state index in [1.807, 2.05) is 6.20 Å². The van der Waals surface area contributed by atoms with Crippen molar-refractivity contribution in [3.63, 3.8) is 0 Å². The fourth-order valence-electron chi connectivity index (χ4n) is 3.41. The van der Waals surface area contributed by atoms with Crippen LogP contribution in [-0.4, -0.2) is 64.4 Å². The fraction of sp³-hybridized carbons (Fsp3) is 0.714. The number of likely N-dealkylation sites (N-methyl/N-ethyl adjacent to an activating group) is 1. The molecule has 0 bridgehead atoms. The van der Waals surface area contributed by atoms with Gasteiger partial charge >= 0.3 is 0 Å². The molecule has 0 radical (unpaired) electrons. The molecular formula is C14H23N5O. The lowest BCUT2D eigenvalue weighted by Gasteiger charge is -2.49. The highest BCUT2D eigenvalue weighted by Gasteiger charge is 2.40. The molecule has 3 rings (SSSR count). The Bertz CT molecular complexity index is 460. The van der Waals surface area contributed by atoms with Gasteiger partial charge in [-0.1, -0.05) is 0 Å². The third-order valence-electron chi connectivity index (χ3n) is 4.74. The van der Waals surface area contributed by atoms with E-state index in [0.29, 0.717) is 6.42 Å². The van der Waals surface area contributed by atoms with Crippen LogP contribution in [0, 0.1) is 0 Å². The Kier molecular flexibility index (Phi) is 3.76. The number of H-pyrrole nitrogens is 1. The van der Waals surface area contributed by atoms with E-state index in [4.69, 9.17) is 0 Å². The second-order valence-corrected chi connectivity index (χ2v) is 5.99. The molecule has 2 fully saturated rings. The molecule has 1 aromatic rings. The maximum absolute atomic E-state index is 11.6. The molecule has 20 heavy (non-hydrogen) atoms. The molecule has 3 heterocycles. The van der Waals surface area contributed by atoms with E-state index in [-0.39, 0.29) is 11.4 Å². The van der Waals surface area contributed by atoms with Crippen LogP contribution in [0.4, 0.5) is 0 Å². The highest BCUT2D eigenvalue weighted by atomic mass is 16.1. The Hall–Kier alpha value is -1.40. The molecule has 1 amide bonds. The molecule has 2 aliphatic rings. The zero-order valence-corrected chi connectivity index (χ0v) is 12.1. The number of amides is 1. The van der Waals surface area contributed by atoms with Crippen molar-refractivity contribution in [2.24, 2.45) is 0 Å². The molecule has 1 aromatic heterocycles. The van der Waals surface area contributed by atoms with Crippen LogP contribution in [-0.2, 0) is 11.3 Å². The van der Waals surface area contributed by atoms with Crippen LogP contribution in [0.25, 0.3) is 0 Å². The lowest BCUT2D eigenvalue weighted by atomic mass is 9.86. The van der Waals surface area contributed by atoms with Crippen molar-refractivity contribution in [1.82, 2.24) is 25.1 Å². The van der Waals surface area contributed by atoms with Gasteiger partial charge in [-0.3, -0.25) is 14.6 Å². The summed E-state index contributed by atoms with van der Waals surface area (Å²) in [5.41, 5.74) is 0.129. The monoisotopic (exact) mass is 277 g/mol. The molecule has 6 nitrogen and oxygen atoms in total. The van der Waals surface area contributed by atoms with Crippen LogP contribution in [0.2, 0.25) is 0 Å². The predicted molar refractivity (Wildman–Crippen MR) is 76.1 cm³/mol. The van der Waals surface area contributed by atoms with Gasteiger partial charge in [-0.15, -0.1) is 0 Å². The van der Waals surface area contributed by atoms with Gasteiger partial charge in [-0.2, -0.15) is 0 Å². The van der Waals surface area contributed by atoms with Crippen LogP contribution >= 0.6 is 0 Å². The third-order valence-corrected chi connectivity index (χ3v) is 4.74. The topological polar surface area (TPSA) is 64.3 Å². The first kappa shape index (κ1) is 13.6. The molecule has 0 aromatic carbocycles. The Morgan fingerprint density at radius 3 is 3.10 bits per heavy atom. The second-order valence-electron chi connectivity index (χ2n) is 5.99. The largest absolute Gasteiger partial charge is 0.356 e. The van der Waals surface area contributed by atoms with Crippen LogP contribution in [0.5, 0.6) is 0 Å². The Morgan fingerprint density at radius 2 is 2.30 bits per heavy atom. The van der Waals surface area contributed by atoms with Crippen LogP contribution in [0.15, 0.2) is 12.4 Å². The average molecular weight is 277 g/mol. The van der Waals surface area contributed by atoms with Crippen molar-refractivity contribution in [3.8, 4) is 0 Å². The number of aromatic amines is 1. The predicted octanol–water partition coefficient (Wildman–Crippen LogP) is 0.196. The Balaban J connectivity index is 1.70. The SMILES string of the molecule is CN1CCN(Cc2ncc[nH]2)C[C@@]12CCNC(=O)CC2. The van der Waals surface area contributed by atoms with Crippen LogP contribution in [0.1, 0.15) is 25.1 Å². The molecule has 0 aliphatic carbocycles. The molecule has 1 spiro atoms. The maximum atomic E-state index is 11.6. The second kappa shape index (κ2) is 5.54. The van der Waals surface area contributed by atoms with Gasteiger partial charge in [0, 0.05) is 50.5 Å². The van der Waals surface area contributed by atoms with E-state index in [9.17, 15) is 4.79 Å². The third kappa shape index (κ3) is 2.71. The Labute approximate surface area is 119 Å². The summed E-state index contributed by atoms with van der Waals surface area (Å²) in [7, 11) is 2.19. The number of aromatic nitrogens is 2. The number of nitrogens with one attached hydrogen (secondary N) is 2. The number of hydrogen-bond acceptors (Lipinski definition) is 4. The average Bonchev–Trinajstić information content (AvgIpc) is 2.86. The number of piperazine rings is 1. The van der Waals surface area contributed by atoms with Gasteiger partial charge in [-0.25, -0.2) is 4.98 Å². The van der Waals surface area contributed by atoms with E-state index < -0.39 is 0 Å². The number of rotatable bonds is 2. The number of hydrogen-bond donors (Lipinski definition) is 2. The van der Waals surface area contributed by atoms with Crippen molar-refractivity contribution >= 4 is 5.91 Å². The van der Waals surface area contributed by atoms with Crippen molar-refractivity contribution in [2.45, 2.75) is 31.3 Å². The van der Waals surface area contributed by atoms with Crippen LogP contribution < -0.4 is 5.32 Å². The summed E-state index contributed by atoms with van der Waals surface area (Å²) < 4.78 is 0. The molecule has 2 N–H and O–H groups in total. The van der Waals surface area contributed by atoms with E-state index in [2.05, 4.69) is 32.1 Å². The van der Waals surface area contributed by atoms with E-state index >= 15 is 0 Å². The number of carbonyl (C=O) groups excluding carboxylic acids is 1. The smallest absolute Gasteiger partial charge is 0.220 e. The van der Waals surface area contributed by atoms with Gasteiger partial charge in [0.1, 0.15) is 5.82 Å². The summed E-state index contributed by atoms with van der Waals surface area (Å²) in [4.78, 5) is 24.0. The fourth-order valence-corrected chi connectivity index (χ4v) is 3.41. The first-order chi connectivity index (χ1) is 9.68. The van der Waals surface area contributed by atoms with Crippen molar-refractivity contribution in [2.75, 3.05) is 33.2 Å². The summed E-state index contributed by atoms with van der Waals surface area (Å²) in [6.07, 6.45) is 6.29. The molecule has 0 unspecified atom stereocenters. The van der Waals surface area contributed by atoms with E-state index in [0.717, 1.165) is 51.4 Å². The number of carbonyl (C=O) groups is 1. The van der Waals surface area contributed by atoms with Gasteiger partial charge in [0.2, 0.25) is 5.91 Å². The zero-order valence-electron chi connectivity index (χ0n) is 12.1. The maximum Gasteiger partial charge on any atom is 0.220 e. The minimum atomic E-state index is 0.129. The number of imidazole rings is 1. The van der Waals surface area contributed by atoms with Gasteiger partial charge in [0.05, 0.1) is 6.54 Å². The highest BCUT2D eigenvalue weighted by molar-refractivity contribution is 5.76. The molecular weight excluding hydrogens is 254 g/mol. The molecule has 2 aliphatic heterocycles. The summed E-state index contributed by atoms with van der Waals surface area (Å²) >= 11 is 0. The summed E-state index contributed by atoms with van der Waals surface area (Å²) in [5.74, 6) is 1.21. The minimum Gasteiger partial charge on any atom is -0.356 e. The first-order valence-electron chi connectivity index (χ1n) is 7.36. The quantitative estimate of drug-likeness (QED) is 0.810. The Morgan fingerprint density at radius 1 is 1.40 bits per heavy atom. The van der Waals surface area contributed by atoms with E-state index in [1.165, 1.54) is 0 Å². The normalized spacial score (nSPS) is 29.4. The van der Waals surface area contributed by atoms with Gasteiger partial charge in [-0.05, 0) is 19.9 Å². The molecule has 1 atom stereocenters. The van der Waals surface area contributed by atoms with Gasteiger partial charge in [0.25, 0.3) is 0 Å². The summed E-state index contributed by atoms with van der Waals surface area (Å²) in [5, 5.41) is 2.99. The van der Waals surface area contributed by atoms with Crippen LogP contribution in [0.3, 0.4) is 0 Å². The summed E-state index contributed by atoms with van der Waals surface area (Å²) in [6, 6.07) is 0. The van der Waals surface area contributed by atoms with Crippen molar-refractivity contribution in [1.29, 1.82) is 0 Å². The van der Waals surface area contributed by atoms with Gasteiger partial charge in [0.15, 0.2) is 0 Å². The lowest BCUT2D eigenvalue weighted by molar-refractivity contribution is -0.121. The summed E-state index contributed by atoms with van der Waals surface area (Å²) in [6.45, 7) is 4.77. The zero-order chi connectivity index (χ0) is 14.0. The molecule has 110 valence electrons. The van der Waals surface area contributed by atoms with Crippen molar-refractivity contribution < 1.29 is 4.79 Å². The standard InChI is InChI=1S/C14H23N5O/c1-18-8-9-19(10-12-15-6-7-16-12)11-14(18)3-2-13(20)17-5-4-14/h6-7H,2-5,8-11H2,1H3,(H,15,16)(H,17,20)/t14-/m1/s1. The van der Waals surface area contributed by atoms with Gasteiger partial charge < -0.3 is 10.3 Å². The first-order valence-corrected chi connectivity index (χ1v) is 7.36. The minimum absolute atomic E-state index is 0.129.